The van der Waals surface area contributed by atoms with Crippen LogP contribution in [0.15, 0.2) is 48.8 Å². The molecule has 1 N–H and O–H groups in total. The predicted octanol–water partition coefficient (Wildman–Crippen LogP) is 5.03. The highest BCUT2D eigenvalue weighted by Gasteiger charge is 2.30. The number of piperazine rings is 1. The van der Waals surface area contributed by atoms with Gasteiger partial charge < -0.3 is 19.9 Å². The molecule has 0 bridgehead atoms. The standard InChI is InChI=1S/C32H42FN7O2/c1-4-23-19-27(30(41-3)20-29(23)39-12-9-26(10-13-39)38-16-14-37(2)15-17-38)36-31-21-32(35-22-34-31)40-28(11-18-42-40)24-5-7-25(33)8-6-24/h5-8,19-22,26,28H,4,9-18H2,1-3H3,(H,34,35,36). The molecule has 3 saturated heterocycles. The molecule has 224 valence electrons. The summed E-state index contributed by atoms with van der Waals surface area (Å²) in [5.41, 5.74) is 4.39. The third-order valence-corrected chi connectivity index (χ3v) is 8.94. The van der Waals surface area contributed by atoms with E-state index in [1.54, 1.807) is 24.3 Å². The van der Waals surface area contributed by atoms with Crippen LogP contribution in [0.1, 0.15) is 43.4 Å². The van der Waals surface area contributed by atoms with E-state index in [1.807, 2.05) is 6.07 Å². The average molecular weight is 576 g/mol. The van der Waals surface area contributed by atoms with Crippen LogP contribution >= 0.6 is 0 Å². The normalized spacial score (nSPS) is 20.7. The summed E-state index contributed by atoms with van der Waals surface area (Å²) in [6.45, 7) is 9.57. The molecule has 4 heterocycles. The number of halogens is 1. The maximum Gasteiger partial charge on any atom is 0.158 e. The molecule has 1 unspecified atom stereocenters. The van der Waals surface area contributed by atoms with E-state index in [0.29, 0.717) is 24.3 Å². The van der Waals surface area contributed by atoms with E-state index < -0.39 is 0 Å². The molecule has 3 aromatic rings. The summed E-state index contributed by atoms with van der Waals surface area (Å²) in [6.07, 6.45) is 5.63. The number of aryl methyl sites for hydroxylation is 1. The molecule has 9 nitrogen and oxygen atoms in total. The third-order valence-electron chi connectivity index (χ3n) is 8.94. The van der Waals surface area contributed by atoms with Crippen molar-refractivity contribution in [2.24, 2.45) is 0 Å². The Hall–Kier alpha value is -3.47. The summed E-state index contributed by atoms with van der Waals surface area (Å²) < 4.78 is 19.4. The van der Waals surface area contributed by atoms with Crippen molar-refractivity contribution in [3.05, 3.63) is 65.7 Å². The zero-order valence-corrected chi connectivity index (χ0v) is 24.9. The Morgan fingerprint density at radius 1 is 0.976 bits per heavy atom. The number of hydroxylamine groups is 1. The average Bonchev–Trinajstić information content (AvgIpc) is 3.52. The highest BCUT2D eigenvalue weighted by molar-refractivity contribution is 5.73. The Bertz CT molecular complexity index is 1340. The van der Waals surface area contributed by atoms with E-state index in [2.05, 4.69) is 56.1 Å². The largest absolute Gasteiger partial charge is 0.494 e. The number of nitrogens with one attached hydrogen (secondary N) is 1. The van der Waals surface area contributed by atoms with E-state index >= 15 is 0 Å². The van der Waals surface area contributed by atoms with Gasteiger partial charge in [0.15, 0.2) is 5.82 Å². The Kier molecular flexibility index (Phi) is 8.73. The Balaban J connectivity index is 1.17. The minimum atomic E-state index is -0.251. The van der Waals surface area contributed by atoms with Crippen molar-refractivity contribution < 1.29 is 14.0 Å². The summed E-state index contributed by atoms with van der Waals surface area (Å²) >= 11 is 0. The first-order valence-electron chi connectivity index (χ1n) is 15.2. The number of rotatable bonds is 8. The molecule has 0 radical (unpaired) electrons. The summed E-state index contributed by atoms with van der Waals surface area (Å²) in [5.74, 6) is 1.83. The molecular formula is C32H42FN7O2. The first-order chi connectivity index (χ1) is 20.5. The molecule has 1 aromatic heterocycles. The van der Waals surface area contributed by atoms with Crippen molar-refractivity contribution in [3.63, 3.8) is 0 Å². The van der Waals surface area contributed by atoms with Gasteiger partial charge in [0.1, 0.15) is 23.7 Å². The number of methoxy groups -OCH3 is 1. The monoisotopic (exact) mass is 575 g/mol. The summed E-state index contributed by atoms with van der Waals surface area (Å²) in [7, 11) is 3.93. The van der Waals surface area contributed by atoms with Crippen LogP contribution in [-0.4, -0.2) is 85.8 Å². The van der Waals surface area contributed by atoms with Crippen molar-refractivity contribution in [1.29, 1.82) is 0 Å². The van der Waals surface area contributed by atoms with Crippen LogP contribution in [0.5, 0.6) is 5.75 Å². The van der Waals surface area contributed by atoms with Gasteiger partial charge in [-0.3, -0.25) is 9.74 Å². The van der Waals surface area contributed by atoms with Crippen LogP contribution in [-0.2, 0) is 11.3 Å². The lowest BCUT2D eigenvalue weighted by atomic mass is 9.99. The van der Waals surface area contributed by atoms with Crippen LogP contribution in [0.25, 0.3) is 0 Å². The zero-order valence-electron chi connectivity index (χ0n) is 24.9. The molecule has 0 saturated carbocycles. The molecule has 3 aliphatic rings. The zero-order chi connectivity index (χ0) is 29.1. The number of anilines is 4. The van der Waals surface area contributed by atoms with Gasteiger partial charge in [-0.05, 0) is 55.6 Å². The molecular weight excluding hydrogens is 533 g/mol. The van der Waals surface area contributed by atoms with Crippen molar-refractivity contribution in [2.45, 2.75) is 44.7 Å². The van der Waals surface area contributed by atoms with Crippen LogP contribution in [0.4, 0.5) is 27.4 Å². The number of aromatic nitrogens is 2. The van der Waals surface area contributed by atoms with Gasteiger partial charge in [0.25, 0.3) is 0 Å². The van der Waals surface area contributed by atoms with E-state index in [9.17, 15) is 4.39 Å². The van der Waals surface area contributed by atoms with Gasteiger partial charge in [-0.2, -0.15) is 0 Å². The molecule has 10 heteroatoms. The molecule has 3 aliphatic heterocycles. The molecule has 3 fully saturated rings. The summed E-state index contributed by atoms with van der Waals surface area (Å²) in [5, 5.41) is 5.27. The van der Waals surface area contributed by atoms with Crippen molar-refractivity contribution in [2.75, 3.05) is 75.3 Å². The Morgan fingerprint density at radius 3 is 2.45 bits per heavy atom. The number of benzene rings is 2. The van der Waals surface area contributed by atoms with E-state index in [4.69, 9.17) is 9.57 Å². The molecule has 6 rings (SSSR count). The van der Waals surface area contributed by atoms with Crippen LogP contribution < -0.4 is 20.0 Å². The third kappa shape index (κ3) is 6.16. The second-order valence-electron chi connectivity index (χ2n) is 11.5. The summed E-state index contributed by atoms with van der Waals surface area (Å²) in [4.78, 5) is 22.6. The van der Waals surface area contributed by atoms with Gasteiger partial charge >= 0.3 is 0 Å². The quantitative estimate of drug-likeness (QED) is 0.398. The van der Waals surface area contributed by atoms with Gasteiger partial charge in [-0.15, -0.1) is 0 Å². The first kappa shape index (κ1) is 28.6. The smallest absolute Gasteiger partial charge is 0.158 e. The second-order valence-corrected chi connectivity index (χ2v) is 11.5. The van der Waals surface area contributed by atoms with E-state index in [0.717, 1.165) is 42.9 Å². The maximum atomic E-state index is 13.5. The molecule has 0 aliphatic carbocycles. The van der Waals surface area contributed by atoms with E-state index in [-0.39, 0.29) is 11.9 Å². The van der Waals surface area contributed by atoms with Crippen LogP contribution in [0, 0.1) is 5.82 Å². The summed E-state index contributed by atoms with van der Waals surface area (Å²) in [6, 6.07) is 13.4. The Morgan fingerprint density at radius 2 is 1.74 bits per heavy atom. The lowest BCUT2D eigenvalue weighted by molar-refractivity contribution is 0.0982. The van der Waals surface area contributed by atoms with E-state index in [1.165, 1.54) is 68.7 Å². The number of ether oxygens (including phenoxy) is 1. The maximum absolute atomic E-state index is 13.5. The fourth-order valence-corrected chi connectivity index (χ4v) is 6.47. The molecule has 0 spiro atoms. The molecule has 1 atom stereocenters. The fourth-order valence-electron chi connectivity index (χ4n) is 6.47. The minimum absolute atomic E-state index is 0.0470. The topological polar surface area (TPSA) is 69.2 Å². The van der Waals surface area contributed by atoms with Gasteiger partial charge in [-0.25, -0.2) is 19.4 Å². The van der Waals surface area contributed by atoms with Gasteiger partial charge in [0.05, 0.1) is 25.4 Å². The van der Waals surface area contributed by atoms with Crippen molar-refractivity contribution in [3.8, 4) is 5.75 Å². The van der Waals surface area contributed by atoms with Gasteiger partial charge in [-0.1, -0.05) is 19.1 Å². The SMILES string of the molecule is CCc1cc(Nc2cc(N3OCCC3c3ccc(F)cc3)ncn2)c(OC)cc1N1CCC(N2CCN(C)CC2)CC1. The molecule has 42 heavy (non-hydrogen) atoms. The predicted molar refractivity (Wildman–Crippen MR) is 164 cm³/mol. The highest BCUT2D eigenvalue weighted by Crippen LogP contribution is 2.38. The number of likely N-dealkylation sites (N-methyl/N-ethyl adjacent to an activating group) is 1. The van der Waals surface area contributed by atoms with Gasteiger partial charge in [0, 0.05) is 69.6 Å². The number of hydrogen-bond acceptors (Lipinski definition) is 9. The number of piperidine rings is 1. The number of hydrogen-bond donors (Lipinski definition) is 1. The van der Waals surface area contributed by atoms with Crippen molar-refractivity contribution >= 4 is 23.0 Å². The highest BCUT2D eigenvalue weighted by atomic mass is 19.1. The number of nitrogens with zero attached hydrogens (tertiary/aromatic N) is 6. The van der Waals surface area contributed by atoms with Crippen LogP contribution in [0.3, 0.4) is 0 Å². The minimum Gasteiger partial charge on any atom is -0.494 e. The van der Waals surface area contributed by atoms with Gasteiger partial charge in [0.2, 0.25) is 0 Å². The Labute approximate surface area is 248 Å². The lowest BCUT2D eigenvalue weighted by Crippen LogP contribution is -2.52. The van der Waals surface area contributed by atoms with Crippen molar-refractivity contribution in [1.82, 2.24) is 19.8 Å². The lowest BCUT2D eigenvalue weighted by Gasteiger charge is -2.43. The van der Waals surface area contributed by atoms with Crippen LogP contribution in [0.2, 0.25) is 0 Å². The molecule has 0 amide bonds. The second kappa shape index (κ2) is 12.8. The molecule has 2 aromatic carbocycles. The fraction of sp³-hybridized carbons (Fsp3) is 0.500. The first-order valence-corrected chi connectivity index (χ1v) is 15.2.